The Morgan fingerprint density at radius 1 is 1.12 bits per heavy atom. The van der Waals surface area contributed by atoms with E-state index < -0.39 is 0 Å². The van der Waals surface area contributed by atoms with Gasteiger partial charge in [-0.1, -0.05) is 0 Å². The van der Waals surface area contributed by atoms with Crippen LogP contribution in [0.5, 0.6) is 17.2 Å². The average Bonchev–Trinajstić information content (AvgIpc) is 3.20. The number of nitrogens with zero attached hydrogens (tertiary/aromatic N) is 1. The number of hydrogen-bond acceptors (Lipinski definition) is 6. The van der Waals surface area contributed by atoms with Crippen LogP contribution in [-0.4, -0.2) is 37.9 Å². The molecule has 1 atom stereocenters. The maximum Gasteiger partial charge on any atom is 0.234 e. The number of amides is 1. The summed E-state index contributed by atoms with van der Waals surface area (Å²) >= 11 is 1.56. The van der Waals surface area contributed by atoms with Crippen LogP contribution in [-0.2, 0) is 11.3 Å². The van der Waals surface area contributed by atoms with Gasteiger partial charge in [-0.3, -0.25) is 4.79 Å². The van der Waals surface area contributed by atoms with Crippen molar-refractivity contribution in [3.8, 4) is 17.2 Å². The van der Waals surface area contributed by atoms with Gasteiger partial charge in [-0.25, -0.2) is 0 Å². The summed E-state index contributed by atoms with van der Waals surface area (Å²) in [5.74, 6) is 3.93. The minimum absolute atomic E-state index is 0.0703. The molecule has 1 unspecified atom stereocenters. The third-order valence-corrected chi connectivity index (χ3v) is 5.33. The number of carbonyl (C=O) groups excluding carboxylic acids is 1. The Morgan fingerprint density at radius 3 is 2.40 bits per heavy atom. The molecule has 1 aromatic carbocycles. The molecule has 3 rings (SSSR count). The van der Waals surface area contributed by atoms with E-state index >= 15 is 0 Å². The number of benzene rings is 1. The maximum absolute atomic E-state index is 12.4. The summed E-state index contributed by atoms with van der Waals surface area (Å²) in [6.45, 7) is 2.31. The van der Waals surface area contributed by atoms with Crippen LogP contribution in [0.15, 0.2) is 28.7 Å². The van der Waals surface area contributed by atoms with Gasteiger partial charge in [0.15, 0.2) is 11.5 Å². The number of carbonyl (C=O) groups is 1. The fourth-order valence-corrected chi connectivity index (χ4v) is 4.07. The van der Waals surface area contributed by atoms with Gasteiger partial charge in [0.25, 0.3) is 0 Å². The van der Waals surface area contributed by atoms with Crippen molar-refractivity contribution in [1.29, 1.82) is 0 Å². The van der Waals surface area contributed by atoms with Crippen molar-refractivity contribution < 1.29 is 23.4 Å². The smallest absolute Gasteiger partial charge is 0.234 e. The molecule has 134 valence electrons. The number of furan rings is 1. The van der Waals surface area contributed by atoms with Crippen LogP contribution in [0, 0.1) is 6.92 Å². The van der Waals surface area contributed by atoms with Gasteiger partial charge in [0.05, 0.1) is 33.6 Å². The van der Waals surface area contributed by atoms with Gasteiger partial charge < -0.3 is 23.5 Å². The number of ether oxygens (including phenoxy) is 3. The Bertz CT molecular complexity index is 773. The first-order valence-corrected chi connectivity index (χ1v) is 8.88. The first kappa shape index (κ1) is 17.5. The molecule has 0 radical (unpaired) electrons. The second kappa shape index (κ2) is 7.31. The van der Waals surface area contributed by atoms with Crippen LogP contribution in [0.25, 0.3) is 0 Å². The largest absolute Gasteiger partial charge is 0.496 e. The third kappa shape index (κ3) is 3.42. The van der Waals surface area contributed by atoms with E-state index in [2.05, 4.69) is 0 Å². The summed E-state index contributed by atoms with van der Waals surface area (Å²) in [6, 6.07) is 7.45. The molecular weight excluding hydrogens is 342 g/mol. The summed E-state index contributed by atoms with van der Waals surface area (Å²) in [6.07, 6.45) is 0. The highest BCUT2D eigenvalue weighted by molar-refractivity contribution is 8.00. The molecule has 1 aliphatic heterocycles. The minimum Gasteiger partial charge on any atom is -0.496 e. The van der Waals surface area contributed by atoms with Gasteiger partial charge in [-0.05, 0) is 25.1 Å². The molecule has 25 heavy (non-hydrogen) atoms. The molecule has 0 saturated carbocycles. The van der Waals surface area contributed by atoms with Crippen molar-refractivity contribution in [2.45, 2.75) is 18.8 Å². The van der Waals surface area contributed by atoms with Crippen molar-refractivity contribution >= 4 is 17.7 Å². The molecule has 7 heteroatoms. The van der Waals surface area contributed by atoms with E-state index in [1.54, 1.807) is 44.1 Å². The van der Waals surface area contributed by atoms with Crippen LogP contribution < -0.4 is 14.2 Å². The number of methoxy groups -OCH3 is 3. The number of aryl methyl sites for hydroxylation is 1. The van der Waals surface area contributed by atoms with Crippen LogP contribution in [0.1, 0.15) is 22.5 Å². The van der Waals surface area contributed by atoms with Gasteiger partial charge in [0.2, 0.25) is 5.91 Å². The summed E-state index contributed by atoms with van der Waals surface area (Å²) in [7, 11) is 4.77. The quantitative estimate of drug-likeness (QED) is 0.784. The Hall–Kier alpha value is -2.28. The fourth-order valence-electron chi connectivity index (χ4n) is 2.87. The number of thioether (sulfide) groups is 1. The number of hydrogen-bond donors (Lipinski definition) is 0. The van der Waals surface area contributed by atoms with Crippen LogP contribution in [0.3, 0.4) is 0 Å². The summed E-state index contributed by atoms with van der Waals surface area (Å²) < 4.78 is 21.9. The van der Waals surface area contributed by atoms with Gasteiger partial charge >= 0.3 is 0 Å². The molecule has 1 fully saturated rings. The van der Waals surface area contributed by atoms with E-state index in [-0.39, 0.29) is 11.3 Å². The second-order valence-corrected chi connectivity index (χ2v) is 6.72. The second-order valence-electron chi connectivity index (χ2n) is 5.65. The zero-order valence-electron chi connectivity index (χ0n) is 14.7. The van der Waals surface area contributed by atoms with Crippen LogP contribution >= 0.6 is 11.8 Å². The highest BCUT2D eigenvalue weighted by Gasteiger charge is 2.36. The molecule has 2 heterocycles. The Balaban J connectivity index is 1.97. The molecule has 1 amide bonds. The lowest BCUT2D eigenvalue weighted by molar-refractivity contribution is -0.128. The first-order chi connectivity index (χ1) is 12.1. The average molecular weight is 363 g/mol. The standard InChI is InChI=1S/C18H21NO5S/c1-11-5-6-12(24-11)9-19-17(20)10-25-18(19)13-7-15(22-3)16(23-4)8-14(13)21-2/h5-8,18H,9-10H2,1-4H3. The Kier molecular flexibility index (Phi) is 5.13. The van der Waals surface area contributed by atoms with Crippen LogP contribution in [0.2, 0.25) is 0 Å². The first-order valence-electron chi connectivity index (χ1n) is 7.83. The molecule has 2 aromatic rings. The molecule has 0 bridgehead atoms. The van der Waals surface area contributed by atoms with Crippen LogP contribution in [0.4, 0.5) is 0 Å². The molecule has 1 saturated heterocycles. The van der Waals surface area contributed by atoms with E-state index in [1.165, 1.54) is 0 Å². The predicted octanol–water partition coefficient (Wildman–Crippen LogP) is 3.39. The zero-order chi connectivity index (χ0) is 18.0. The normalized spacial score (nSPS) is 17.0. The summed E-state index contributed by atoms with van der Waals surface area (Å²) in [4.78, 5) is 14.2. The van der Waals surface area contributed by atoms with Crippen molar-refractivity contribution in [2.24, 2.45) is 0 Å². The molecule has 1 aliphatic rings. The van der Waals surface area contributed by atoms with E-state index in [9.17, 15) is 4.79 Å². The van der Waals surface area contributed by atoms with Crippen molar-refractivity contribution in [3.05, 3.63) is 41.3 Å². The third-order valence-electron chi connectivity index (χ3n) is 4.09. The topological polar surface area (TPSA) is 61.1 Å². The lowest BCUT2D eigenvalue weighted by Crippen LogP contribution is -2.27. The van der Waals surface area contributed by atoms with Crippen molar-refractivity contribution in [2.75, 3.05) is 27.1 Å². The number of rotatable bonds is 6. The predicted molar refractivity (Wildman–Crippen MR) is 95.3 cm³/mol. The molecule has 0 N–H and O–H groups in total. The van der Waals surface area contributed by atoms with E-state index in [0.717, 1.165) is 17.1 Å². The highest BCUT2D eigenvalue weighted by Crippen LogP contribution is 2.46. The highest BCUT2D eigenvalue weighted by atomic mass is 32.2. The fraction of sp³-hybridized carbons (Fsp3) is 0.389. The minimum atomic E-state index is -0.173. The maximum atomic E-state index is 12.4. The molecule has 0 spiro atoms. The monoisotopic (exact) mass is 363 g/mol. The molecular formula is C18H21NO5S. The Morgan fingerprint density at radius 2 is 1.80 bits per heavy atom. The van der Waals surface area contributed by atoms with Gasteiger partial charge in [-0.15, -0.1) is 11.8 Å². The Labute approximate surface area is 151 Å². The zero-order valence-corrected chi connectivity index (χ0v) is 15.5. The summed E-state index contributed by atoms with van der Waals surface area (Å²) in [5, 5.41) is -0.173. The van der Waals surface area contributed by atoms with E-state index in [0.29, 0.717) is 29.5 Å². The molecule has 6 nitrogen and oxygen atoms in total. The SMILES string of the molecule is COc1cc(OC)c(C2SCC(=O)N2Cc2ccc(C)o2)cc1OC. The van der Waals surface area contributed by atoms with Crippen molar-refractivity contribution in [1.82, 2.24) is 4.90 Å². The van der Waals surface area contributed by atoms with Gasteiger partial charge in [-0.2, -0.15) is 0 Å². The van der Waals surface area contributed by atoms with E-state index in [1.807, 2.05) is 25.1 Å². The lowest BCUT2D eigenvalue weighted by Gasteiger charge is -2.25. The van der Waals surface area contributed by atoms with Gasteiger partial charge in [0, 0.05) is 11.6 Å². The van der Waals surface area contributed by atoms with Crippen molar-refractivity contribution in [3.63, 3.8) is 0 Å². The molecule has 1 aromatic heterocycles. The lowest BCUT2D eigenvalue weighted by atomic mass is 10.1. The van der Waals surface area contributed by atoms with E-state index in [4.69, 9.17) is 18.6 Å². The molecule has 0 aliphatic carbocycles. The van der Waals surface area contributed by atoms with Gasteiger partial charge in [0.1, 0.15) is 22.6 Å². The summed E-state index contributed by atoms with van der Waals surface area (Å²) in [5.41, 5.74) is 0.874.